The summed E-state index contributed by atoms with van der Waals surface area (Å²) in [5, 5.41) is 10.7. The van der Waals surface area contributed by atoms with Gasteiger partial charge in [0.1, 0.15) is 22.2 Å². The molecule has 0 saturated carbocycles. The smallest absolute Gasteiger partial charge is 0.139 e. The molecule has 5 aromatic rings. The lowest BCUT2D eigenvalue weighted by molar-refractivity contribution is 0.340. The highest BCUT2D eigenvalue weighted by atomic mass is 32.1. The molecular formula is C28H28N4OS. The van der Waals surface area contributed by atoms with E-state index in [0.717, 1.165) is 51.9 Å². The average molecular weight is 469 g/mol. The summed E-state index contributed by atoms with van der Waals surface area (Å²) in [6, 6.07) is 23.1. The van der Waals surface area contributed by atoms with Crippen LogP contribution in [-0.2, 0) is 0 Å². The van der Waals surface area contributed by atoms with Gasteiger partial charge in [0.2, 0.25) is 0 Å². The maximum atomic E-state index is 5.62. The highest BCUT2D eigenvalue weighted by Gasteiger charge is 2.18. The first-order valence-corrected chi connectivity index (χ1v) is 12.4. The number of nitrogens with zero attached hydrogens (tertiary/aromatic N) is 2. The van der Waals surface area contributed by atoms with E-state index in [9.17, 15) is 0 Å². The minimum atomic E-state index is 0.660. The second-order valence-corrected chi connectivity index (χ2v) is 9.37. The SMILES string of the molecule is CCOc1ccc(-c2c(C)sc3nc(C)nc(NCCNc4cccc5ccccc45)c23)cc1. The van der Waals surface area contributed by atoms with Gasteiger partial charge in [-0.25, -0.2) is 9.97 Å². The van der Waals surface area contributed by atoms with Crippen LogP contribution in [0.4, 0.5) is 11.5 Å². The van der Waals surface area contributed by atoms with Gasteiger partial charge in [-0.05, 0) is 49.9 Å². The number of hydrogen-bond donors (Lipinski definition) is 2. The summed E-state index contributed by atoms with van der Waals surface area (Å²) in [7, 11) is 0. The Labute approximate surface area is 203 Å². The van der Waals surface area contributed by atoms with E-state index in [1.165, 1.54) is 21.2 Å². The molecule has 2 heterocycles. The van der Waals surface area contributed by atoms with Crippen LogP contribution in [0.25, 0.3) is 32.1 Å². The van der Waals surface area contributed by atoms with Gasteiger partial charge in [0.05, 0.1) is 12.0 Å². The number of nitrogens with one attached hydrogen (secondary N) is 2. The summed E-state index contributed by atoms with van der Waals surface area (Å²) in [6.45, 7) is 8.28. The molecule has 0 radical (unpaired) electrons. The van der Waals surface area contributed by atoms with Gasteiger partial charge in [0, 0.05) is 34.6 Å². The Morgan fingerprint density at radius 3 is 2.44 bits per heavy atom. The van der Waals surface area contributed by atoms with Crippen molar-refractivity contribution in [1.29, 1.82) is 0 Å². The van der Waals surface area contributed by atoms with Crippen LogP contribution < -0.4 is 15.4 Å². The Bertz CT molecular complexity index is 1440. The number of thiophene rings is 1. The molecule has 0 aliphatic rings. The second kappa shape index (κ2) is 9.69. The number of anilines is 2. The molecule has 6 heteroatoms. The van der Waals surface area contributed by atoms with Crippen LogP contribution in [0.5, 0.6) is 5.75 Å². The van der Waals surface area contributed by atoms with Crippen LogP contribution in [0.15, 0.2) is 66.7 Å². The summed E-state index contributed by atoms with van der Waals surface area (Å²) in [6.07, 6.45) is 0. The van der Waals surface area contributed by atoms with Gasteiger partial charge in [-0.1, -0.05) is 48.5 Å². The van der Waals surface area contributed by atoms with Gasteiger partial charge >= 0.3 is 0 Å². The van der Waals surface area contributed by atoms with Gasteiger partial charge < -0.3 is 15.4 Å². The van der Waals surface area contributed by atoms with Gasteiger partial charge in [0.15, 0.2) is 0 Å². The number of aryl methyl sites for hydroxylation is 2. The molecule has 172 valence electrons. The zero-order chi connectivity index (χ0) is 23.5. The van der Waals surface area contributed by atoms with E-state index in [2.05, 4.69) is 72.2 Å². The Balaban J connectivity index is 1.39. The number of ether oxygens (including phenoxy) is 1. The quantitative estimate of drug-likeness (QED) is 0.239. The zero-order valence-electron chi connectivity index (χ0n) is 19.7. The Morgan fingerprint density at radius 2 is 1.62 bits per heavy atom. The van der Waals surface area contributed by atoms with Crippen molar-refractivity contribution in [3.05, 3.63) is 77.4 Å². The highest BCUT2D eigenvalue weighted by molar-refractivity contribution is 7.19. The van der Waals surface area contributed by atoms with Crippen molar-refractivity contribution in [2.75, 3.05) is 30.3 Å². The first-order chi connectivity index (χ1) is 16.6. The second-order valence-electron chi connectivity index (χ2n) is 8.17. The van der Waals surface area contributed by atoms with Crippen LogP contribution >= 0.6 is 11.3 Å². The third kappa shape index (κ3) is 4.41. The zero-order valence-corrected chi connectivity index (χ0v) is 20.5. The fourth-order valence-electron chi connectivity index (χ4n) is 4.34. The molecule has 0 saturated heterocycles. The van der Waals surface area contributed by atoms with Gasteiger partial charge in [0.25, 0.3) is 0 Å². The van der Waals surface area contributed by atoms with Gasteiger partial charge in [-0.15, -0.1) is 11.3 Å². The van der Waals surface area contributed by atoms with E-state index >= 15 is 0 Å². The fourth-order valence-corrected chi connectivity index (χ4v) is 5.43. The topological polar surface area (TPSA) is 59.1 Å². The van der Waals surface area contributed by atoms with Crippen LogP contribution in [0.1, 0.15) is 17.6 Å². The molecule has 2 aromatic heterocycles. The van der Waals surface area contributed by atoms with Crippen molar-refractivity contribution in [1.82, 2.24) is 9.97 Å². The van der Waals surface area contributed by atoms with E-state index < -0.39 is 0 Å². The summed E-state index contributed by atoms with van der Waals surface area (Å²) < 4.78 is 5.62. The first kappa shape index (κ1) is 22.2. The largest absolute Gasteiger partial charge is 0.494 e. The summed E-state index contributed by atoms with van der Waals surface area (Å²) >= 11 is 1.72. The summed E-state index contributed by atoms with van der Waals surface area (Å²) in [5.41, 5.74) is 3.48. The molecule has 3 aromatic carbocycles. The van der Waals surface area contributed by atoms with Crippen molar-refractivity contribution >= 4 is 43.8 Å². The minimum Gasteiger partial charge on any atom is -0.494 e. The molecular weight excluding hydrogens is 440 g/mol. The molecule has 0 bridgehead atoms. The van der Waals surface area contributed by atoms with Crippen molar-refractivity contribution in [2.24, 2.45) is 0 Å². The van der Waals surface area contributed by atoms with Crippen molar-refractivity contribution in [2.45, 2.75) is 20.8 Å². The lowest BCUT2D eigenvalue weighted by Gasteiger charge is -2.13. The van der Waals surface area contributed by atoms with Crippen LogP contribution in [0.3, 0.4) is 0 Å². The average Bonchev–Trinajstić information content (AvgIpc) is 3.18. The van der Waals surface area contributed by atoms with Crippen LogP contribution in [0.2, 0.25) is 0 Å². The molecule has 0 fully saturated rings. The maximum absolute atomic E-state index is 5.62. The summed E-state index contributed by atoms with van der Waals surface area (Å²) in [4.78, 5) is 11.7. The number of hydrogen-bond acceptors (Lipinski definition) is 6. The molecule has 0 atom stereocenters. The van der Waals surface area contributed by atoms with Gasteiger partial charge in [-0.3, -0.25) is 0 Å². The van der Waals surface area contributed by atoms with Crippen molar-refractivity contribution in [3.8, 4) is 16.9 Å². The fraction of sp³-hybridized carbons (Fsp3) is 0.214. The monoisotopic (exact) mass is 468 g/mol. The molecule has 0 aliphatic heterocycles. The van der Waals surface area contributed by atoms with Crippen molar-refractivity contribution in [3.63, 3.8) is 0 Å². The number of fused-ring (bicyclic) bond motifs is 2. The lowest BCUT2D eigenvalue weighted by Crippen LogP contribution is -2.15. The highest BCUT2D eigenvalue weighted by Crippen LogP contribution is 2.41. The Hall–Kier alpha value is -3.64. The minimum absolute atomic E-state index is 0.660. The van der Waals surface area contributed by atoms with Crippen LogP contribution in [-0.4, -0.2) is 29.7 Å². The maximum Gasteiger partial charge on any atom is 0.139 e. The molecule has 0 aliphatic carbocycles. The van der Waals surface area contributed by atoms with E-state index in [0.29, 0.717) is 6.61 Å². The third-order valence-electron chi connectivity index (χ3n) is 5.82. The van der Waals surface area contributed by atoms with Gasteiger partial charge in [-0.2, -0.15) is 0 Å². The number of aromatic nitrogens is 2. The Kier molecular flexibility index (Phi) is 6.32. The van der Waals surface area contributed by atoms with E-state index in [-0.39, 0.29) is 0 Å². The van der Waals surface area contributed by atoms with E-state index in [1.807, 2.05) is 26.0 Å². The number of rotatable bonds is 8. The molecule has 5 rings (SSSR count). The first-order valence-electron chi connectivity index (χ1n) is 11.6. The number of benzene rings is 3. The standard InChI is InChI=1S/C28H28N4OS/c1-4-33-22-14-12-21(13-15-22)25-18(2)34-28-26(25)27(31-19(3)32-28)30-17-16-29-24-11-7-9-20-8-5-6-10-23(20)24/h5-15,29H,4,16-17H2,1-3H3,(H,30,31,32). The molecule has 0 unspecified atom stereocenters. The lowest BCUT2D eigenvalue weighted by atomic mass is 10.0. The predicted octanol–water partition coefficient (Wildman–Crippen LogP) is 7.05. The third-order valence-corrected chi connectivity index (χ3v) is 6.82. The summed E-state index contributed by atoms with van der Waals surface area (Å²) in [5.74, 6) is 2.54. The normalized spacial score (nSPS) is 11.1. The van der Waals surface area contributed by atoms with E-state index in [4.69, 9.17) is 14.7 Å². The molecule has 34 heavy (non-hydrogen) atoms. The molecule has 2 N–H and O–H groups in total. The molecule has 0 spiro atoms. The Morgan fingerprint density at radius 1 is 0.853 bits per heavy atom. The van der Waals surface area contributed by atoms with E-state index in [1.54, 1.807) is 11.3 Å². The predicted molar refractivity (Wildman–Crippen MR) is 144 cm³/mol. The molecule has 5 nitrogen and oxygen atoms in total. The van der Waals surface area contributed by atoms with Crippen LogP contribution in [0, 0.1) is 13.8 Å². The van der Waals surface area contributed by atoms with Crippen molar-refractivity contribution < 1.29 is 4.74 Å². The molecule has 0 amide bonds.